The SMILES string of the molecule is CC(C)(C)c1ccc(-c2ccc(N3c4ccc(C(C)(C)C)cc4B4c5sc6c(C(C)(C)C)cccc6c5N(c5ccc(C6CCCCC6)cc5-c5cc(C(C)(C)C)cc(C(C)(C)C)c5)c5cc(C(C)(C)C)cc3c54)cc2)cc1. The minimum Gasteiger partial charge on any atom is -0.311 e. The highest BCUT2D eigenvalue weighted by molar-refractivity contribution is 7.34. The van der Waals surface area contributed by atoms with Crippen molar-refractivity contribution in [2.75, 3.05) is 9.80 Å². The molecule has 3 heterocycles. The Bertz CT molecular complexity index is 3560. The molecule has 402 valence electrons. The zero-order valence-electron chi connectivity index (χ0n) is 50.7. The van der Waals surface area contributed by atoms with E-state index in [1.54, 1.807) is 0 Å². The van der Waals surface area contributed by atoms with Crippen molar-refractivity contribution in [3.63, 3.8) is 0 Å². The molecule has 78 heavy (non-hydrogen) atoms. The molecule has 0 saturated heterocycles. The number of anilines is 6. The first-order valence-corrected chi connectivity index (χ1v) is 30.3. The van der Waals surface area contributed by atoms with Crippen LogP contribution >= 0.6 is 11.3 Å². The van der Waals surface area contributed by atoms with Gasteiger partial charge in [0, 0.05) is 43.2 Å². The normalized spacial score (nSPS) is 15.4. The second-order valence-electron chi connectivity index (χ2n) is 29.8. The summed E-state index contributed by atoms with van der Waals surface area (Å²) in [5.41, 5.74) is 25.0. The first kappa shape index (κ1) is 54.1. The van der Waals surface area contributed by atoms with Crippen LogP contribution in [0.4, 0.5) is 34.1 Å². The Morgan fingerprint density at radius 3 is 1.51 bits per heavy atom. The first-order chi connectivity index (χ1) is 36.5. The predicted octanol–water partition coefficient (Wildman–Crippen LogP) is 20.2. The molecule has 0 bridgehead atoms. The van der Waals surface area contributed by atoms with E-state index in [-0.39, 0.29) is 39.2 Å². The smallest absolute Gasteiger partial charge is 0.264 e. The van der Waals surface area contributed by atoms with Crippen molar-refractivity contribution in [1.82, 2.24) is 0 Å². The van der Waals surface area contributed by atoms with E-state index in [0.717, 1.165) is 0 Å². The summed E-state index contributed by atoms with van der Waals surface area (Å²) < 4.78 is 2.83. The van der Waals surface area contributed by atoms with Crippen LogP contribution in [-0.4, -0.2) is 6.71 Å². The lowest BCUT2D eigenvalue weighted by Gasteiger charge is -2.45. The van der Waals surface area contributed by atoms with Gasteiger partial charge in [0.05, 0.1) is 11.4 Å². The van der Waals surface area contributed by atoms with Gasteiger partial charge in [-0.15, -0.1) is 11.3 Å². The van der Waals surface area contributed by atoms with Crippen molar-refractivity contribution in [2.24, 2.45) is 0 Å². The molecule has 0 unspecified atom stereocenters. The number of hydrogen-bond donors (Lipinski definition) is 0. The lowest BCUT2D eigenvalue weighted by atomic mass is 9.36. The second kappa shape index (κ2) is 18.9. The maximum absolute atomic E-state index is 2.78. The molecule has 1 fully saturated rings. The van der Waals surface area contributed by atoms with Gasteiger partial charge in [0.2, 0.25) is 0 Å². The van der Waals surface area contributed by atoms with Crippen LogP contribution in [0.25, 0.3) is 32.3 Å². The van der Waals surface area contributed by atoms with Crippen LogP contribution in [0.15, 0.2) is 133 Å². The third-order valence-electron chi connectivity index (χ3n) is 17.8. The van der Waals surface area contributed by atoms with Gasteiger partial charge in [0.15, 0.2) is 0 Å². The van der Waals surface area contributed by atoms with E-state index in [0.29, 0.717) is 5.92 Å². The lowest BCUT2D eigenvalue weighted by molar-refractivity contribution is 0.444. The van der Waals surface area contributed by atoms with E-state index in [4.69, 9.17) is 0 Å². The standard InChI is InChI=1S/C74H87BN2S/c1-69(2,3)51-32-27-47(28-33-51)48-29-35-56(36-30-48)76-62-38-34-52(70(4,5)6)43-60(62)75-65-63(76)44-55(73(13,14)15)45-64(65)77(66-57-25-22-26-59(74(16,17)18)67(57)78-68(66)75)61-37-31-49(46-23-20-19-21-24-46)41-58(61)50-39-53(71(7,8)9)42-54(40-50)72(10,11)12/h22,25-46H,19-21,23-24H2,1-18H3. The average Bonchev–Trinajstić information content (AvgIpc) is 3.97. The topological polar surface area (TPSA) is 6.48 Å². The van der Waals surface area contributed by atoms with E-state index < -0.39 is 0 Å². The number of hydrogen-bond acceptors (Lipinski definition) is 3. The zero-order valence-corrected chi connectivity index (χ0v) is 51.5. The summed E-state index contributed by atoms with van der Waals surface area (Å²) in [6.45, 7) is 42.7. The van der Waals surface area contributed by atoms with Crippen molar-refractivity contribution in [2.45, 2.75) is 195 Å². The Labute approximate surface area is 474 Å². The molecule has 8 aromatic rings. The molecule has 0 spiro atoms. The Hall–Kier alpha value is -5.84. The molecule has 2 aliphatic heterocycles. The first-order valence-electron chi connectivity index (χ1n) is 29.5. The quantitative estimate of drug-likeness (QED) is 0.159. The van der Waals surface area contributed by atoms with Crippen molar-refractivity contribution >= 4 is 78.0 Å². The van der Waals surface area contributed by atoms with Gasteiger partial charge in [-0.25, -0.2) is 0 Å². The molecular formula is C74H87BN2S. The Morgan fingerprint density at radius 1 is 0.423 bits per heavy atom. The highest BCUT2D eigenvalue weighted by atomic mass is 32.1. The molecule has 2 nitrogen and oxygen atoms in total. The number of fused-ring (bicyclic) bond motifs is 6. The molecule has 1 aliphatic carbocycles. The molecule has 0 atom stereocenters. The fourth-order valence-corrected chi connectivity index (χ4v) is 14.4. The molecule has 0 N–H and O–H groups in total. The van der Waals surface area contributed by atoms with Crippen LogP contribution in [0, 0.1) is 0 Å². The average molecular weight is 1050 g/mol. The number of nitrogens with zero attached hydrogens (tertiary/aromatic N) is 2. The van der Waals surface area contributed by atoms with Gasteiger partial charge in [-0.1, -0.05) is 235 Å². The van der Waals surface area contributed by atoms with Gasteiger partial charge in [0.1, 0.15) is 0 Å². The summed E-state index contributed by atoms with van der Waals surface area (Å²) in [4.78, 5) is 5.41. The monoisotopic (exact) mass is 1050 g/mol. The van der Waals surface area contributed by atoms with Crippen molar-refractivity contribution in [3.05, 3.63) is 172 Å². The Morgan fingerprint density at radius 2 is 0.949 bits per heavy atom. The zero-order chi connectivity index (χ0) is 55.8. The molecule has 1 saturated carbocycles. The Balaban J connectivity index is 1.25. The summed E-state index contributed by atoms with van der Waals surface area (Å²) in [5.74, 6) is 0.561. The van der Waals surface area contributed by atoms with Crippen LogP contribution in [0.3, 0.4) is 0 Å². The summed E-state index contributed by atoms with van der Waals surface area (Å²) >= 11 is 2.06. The van der Waals surface area contributed by atoms with Gasteiger partial charge in [-0.3, -0.25) is 0 Å². The fraction of sp³-hybridized carbons (Fsp3) is 0.405. The van der Waals surface area contributed by atoms with Gasteiger partial charge in [-0.2, -0.15) is 0 Å². The van der Waals surface area contributed by atoms with Crippen molar-refractivity contribution in [1.29, 1.82) is 0 Å². The minimum atomic E-state index is -0.148. The van der Waals surface area contributed by atoms with E-state index in [1.807, 2.05) is 0 Å². The minimum absolute atomic E-state index is 0.0105. The van der Waals surface area contributed by atoms with Gasteiger partial charge < -0.3 is 9.80 Å². The van der Waals surface area contributed by atoms with Crippen LogP contribution in [0.5, 0.6) is 0 Å². The number of rotatable bonds is 5. The van der Waals surface area contributed by atoms with E-state index in [1.165, 1.54) is 153 Å². The van der Waals surface area contributed by atoms with Gasteiger partial charge in [0.25, 0.3) is 6.71 Å². The predicted molar refractivity (Wildman–Crippen MR) is 345 cm³/mol. The van der Waals surface area contributed by atoms with Gasteiger partial charge >= 0.3 is 0 Å². The van der Waals surface area contributed by atoms with Crippen molar-refractivity contribution < 1.29 is 0 Å². The molecule has 7 aromatic carbocycles. The maximum Gasteiger partial charge on any atom is 0.264 e. The van der Waals surface area contributed by atoms with Crippen molar-refractivity contribution in [3.8, 4) is 22.3 Å². The number of benzene rings is 7. The summed E-state index contributed by atoms with van der Waals surface area (Å²) in [6, 6.07) is 53.8. The van der Waals surface area contributed by atoms with E-state index in [9.17, 15) is 0 Å². The highest BCUT2D eigenvalue weighted by Crippen LogP contribution is 2.53. The highest BCUT2D eigenvalue weighted by Gasteiger charge is 2.47. The molecule has 0 radical (unpaired) electrons. The van der Waals surface area contributed by atoms with E-state index >= 15 is 0 Å². The molecule has 1 aromatic heterocycles. The molecular weight excluding hydrogens is 960 g/mol. The lowest BCUT2D eigenvalue weighted by Crippen LogP contribution is -2.60. The summed E-state index contributed by atoms with van der Waals surface area (Å²) in [7, 11) is 0. The third kappa shape index (κ3) is 9.68. The molecule has 11 rings (SSSR count). The van der Waals surface area contributed by atoms with Crippen LogP contribution in [-0.2, 0) is 32.5 Å². The molecule has 4 heteroatoms. The largest absolute Gasteiger partial charge is 0.311 e. The third-order valence-corrected chi connectivity index (χ3v) is 19.0. The second-order valence-corrected chi connectivity index (χ2v) is 30.9. The van der Waals surface area contributed by atoms with Crippen LogP contribution < -0.4 is 25.5 Å². The molecule has 3 aliphatic rings. The van der Waals surface area contributed by atoms with E-state index in [2.05, 4.69) is 279 Å². The summed E-state index contributed by atoms with van der Waals surface area (Å²) in [5, 5.41) is 1.35. The van der Waals surface area contributed by atoms with Gasteiger partial charge in [-0.05, 0) is 160 Å². The maximum atomic E-state index is 2.78. The Kier molecular flexibility index (Phi) is 13.1. The summed E-state index contributed by atoms with van der Waals surface area (Å²) in [6.07, 6.45) is 6.46. The van der Waals surface area contributed by atoms with Crippen LogP contribution in [0.2, 0.25) is 0 Å². The fourth-order valence-electron chi connectivity index (χ4n) is 12.8. The van der Waals surface area contributed by atoms with Crippen LogP contribution in [0.1, 0.15) is 202 Å². The molecule has 0 amide bonds. The number of thiophene rings is 1.